The van der Waals surface area contributed by atoms with Crippen molar-refractivity contribution in [2.24, 2.45) is 0 Å². The number of benzene rings is 1. The minimum absolute atomic E-state index is 0.320. The van der Waals surface area contributed by atoms with Gasteiger partial charge in [0, 0.05) is 28.9 Å². The molecule has 0 spiro atoms. The highest BCUT2D eigenvalue weighted by Crippen LogP contribution is 2.19. The third kappa shape index (κ3) is 5.98. The Balaban J connectivity index is 1.88. The van der Waals surface area contributed by atoms with Gasteiger partial charge in [0.15, 0.2) is 0 Å². The summed E-state index contributed by atoms with van der Waals surface area (Å²) in [5.74, 6) is 0.801. The van der Waals surface area contributed by atoms with Crippen molar-refractivity contribution in [3.05, 3.63) is 52.2 Å². The molecule has 0 aliphatic carbocycles. The molecule has 3 nitrogen and oxygen atoms in total. The predicted molar refractivity (Wildman–Crippen MR) is 97.2 cm³/mol. The standard InChI is InChI=1S/C19H27NO2S/c1-4-15(2)20(13-19-11-10-16(3)23-19)12-17(21)14-22-18-8-6-5-7-9-18/h5-11,15,17,21H,4,12-14H2,1-3H3. The first-order chi connectivity index (χ1) is 11.1. The van der Waals surface area contributed by atoms with Crippen molar-refractivity contribution >= 4 is 11.3 Å². The van der Waals surface area contributed by atoms with E-state index in [-0.39, 0.29) is 0 Å². The van der Waals surface area contributed by atoms with E-state index in [1.54, 1.807) is 0 Å². The molecule has 1 aromatic heterocycles. The molecule has 0 saturated carbocycles. The van der Waals surface area contributed by atoms with Crippen LogP contribution in [-0.2, 0) is 6.54 Å². The monoisotopic (exact) mass is 333 g/mol. The minimum atomic E-state index is -0.495. The fraction of sp³-hybridized carbons (Fsp3) is 0.474. The van der Waals surface area contributed by atoms with Gasteiger partial charge in [-0.15, -0.1) is 11.3 Å². The summed E-state index contributed by atoms with van der Waals surface area (Å²) in [6.07, 6.45) is 0.571. The molecule has 0 amide bonds. The van der Waals surface area contributed by atoms with Crippen molar-refractivity contribution in [3.8, 4) is 5.75 Å². The van der Waals surface area contributed by atoms with E-state index in [2.05, 4.69) is 37.8 Å². The number of aliphatic hydroxyl groups is 1. The second-order valence-corrected chi connectivity index (χ2v) is 7.35. The number of aliphatic hydroxyl groups excluding tert-OH is 1. The summed E-state index contributed by atoms with van der Waals surface area (Å²) < 4.78 is 5.66. The maximum atomic E-state index is 10.3. The summed E-state index contributed by atoms with van der Waals surface area (Å²) in [4.78, 5) is 5.01. The third-order valence-corrected chi connectivity index (χ3v) is 4.99. The molecule has 0 fully saturated rings. The zero-order chi connectivity index (χ0) is 16.7. The number of thiophene rings is 1. The van der Waals surface area contributed by atoms with Crippen molar-refractivity contribution in [3.63, 3.8) is 0 Å². The molecule has 0 aliphatic heterocycles. The Morgan fingerprint density at radius 2 is 1.91 bits per heavy atom. The lowest BCUT2D eigenvalue weighted by Crippen LogP contribution is -2.40. The fourth-order valence-corrected chi connectivity index (χ4v) is 3.38. The Bertz CT molecular complexity index is 570. The molecule has 1 heterocycles. The van der Waals surface area contributed by atoms with Crippen LogP contribution in [0.5, 0.6) is 5.75 Å². The van der Waals surface area contributed by atoms with Gasteiger partial charge >= 0.3 is 0 Å². The average Bonchev–Trinajstić information content (AvgIpc) is 2.97. The molecule has 2 rings (SSSR count). The topological polar surface area (TPSA) is 32.7 Å². The quantitative estimate of drug-likeness (QED) is 0.750. The second-order valence-electron chi connectivity index (χ2n) is 5.98. The van der Waals surface area contributed by atoms with Crippen molar-refractivity contribution < 1.29 is 9.84 Å². The number of aryl methyl sites for hydroxylation is 1. The highest BCUT2D eigenvalue weighted by molar-refractivity contribution is 7.11. The van der Waals surface area contributed by atoms with Crippen molar-refractivity contribution in [2.75, 3.05) is 13.2 Å². The summed E-state index contributed by atoms with van der Waals surface area (Å²) in [6.45, 7) is 8.36. The molecule has 1 N–H and O–H groups in total. The van der Waals surface area contributed by atoms with Gasteiger partial charge in [0.25, 0.3) is 0 Å². The normalized spacial score (nSPS) is 14.0. The van der Waals surface area contributed by atoms with Crippen LogP contribution < -0.4 is 4.74 Å². The smallest absolute Gasteiger partial charge is 0.119 e. The molecule has 0 radical (unpaired) electrons. The Morgan fingerprint density at radius 1 is 1.17 bits per heavy atom. The zero-order valence-corrected chi connectivity index (χ0v) is 15.1. The van der Waals surface area contributed by atoms with Gasteiger partial charge in [-0.2, -0.15) is 0 Å². The Labute approximate surface area is 143 Å². The largest absolute Gasteiger partial charge is 0.491 e. The molecule has 2 atom stereocenters. The SMILES string of the molecule is CCC(C)N(Cc1ccc(C)s1)CC(O)COc1ccccc1. The molecule has 4 heteroatoms. The van der Waals surface area contributed by atoms with Crippen LogP contribution in [0.4, 0.5) is 0 Å². The van der Waals surface area contributed by atoms with E-state index in [1.807, 2.05) is 41.7 Å². The molecule has 2 aromatic rings. The van der Waals surface area contributed by atoms with Gasteiger partial charge in [0.2, 0.25) is 0 Å². The molecule has 0 saturated heterocycles. The Kier molecular flexibility index (Phi) is 7.09. The van der Waals surface area contributed by atoms with E-state index in [0.717, 1.165) is 18.7 Å². The van der Waals surface area contributed by atoms with E-state index >= 15 is 0 Å². The van der Waals surface area contributed by atoms with E-state index in [4.69, 9.17) is 4.74 Å². The third-order valence-electron chi connectivity index (χ3n) is 4.00. The van der Waals surface area contributed by atoms with E-state index in [1.165, 1.54) is 9.75 Å². The van der Waals surface area contributed by atoms with Crippen LogP contribution in [0, 0.1) is 6.92 Å². The number of hydrogen-bond acceptors (Lipinski definition) is 4. The first-order valence-electron chi connectivity index (χ1n) is 8.23. The van der Waals surface area contributed by atoms with Gasteiger partial charge in [0.1, 0.15) is 18.5 Å². The second kappa shape index (κ2) is 9.06. The van der Waals surface area contributed by atoms with Gasteiger partial charge in [0.05, 0.1) is 0 Å². The summed E-state index contributed by atoms with van der Waals surface area (Å²) in [6, 6.07) is 14.4. The Hall–Kier alpha value is -1.36. The summed E-state index contributed by atoms with van der Waals surface area (Å²) >= 11 is 1.83. The summed E-state index contributed by atoms with van der Waals surface area (Å²) in [5, 5.41) is 10.3. The van der Waals surface area contributed by atoms with Crippen LogP contribution in [0.2, 0.25) is 0 Å². The lowest BCUT2D eigenvalue weighted by atomic mass is 10.2. The van der Waals surface area contributed by atoms with Crippen LogP contribution in [0.15, 0.2) is 42.5 Å². The maximum Gasteiger partial charge on any atom is 0.119 e. The lowest BCUT2D eigenvalue weighted by Gasteiger charge is -2.30. The maximum absolute atomic E-state index is 10.3. The van der Waals surface area contributed by atoms with Gasteiger partial charge in [-0.05, 0) is 44.5 Å². The Morgan fingerprint density at radius 3 is 2.52 bits per heavy atom. The number of rotatable bonds is 9. The lowest BCUT2D eigenvalue weighted by molar-refractivity contribution is 0.0510. The molecule has 0 aliphatic rings. The van der Waals surface area contributed by atoms with Crippen molar-refractivity contribution in [1.82, 2.24) is 4.90 Å². The van der Waals surface area contributed by atoms with E-state index in [0.29, 0.717) is 19.2 Å². The molecule has 1 aromatic carbocycles. The summed E-state index contributed by atoms with van der Waals surface area (Å²) in [7, 11) is 0. The van der Waals surface area contributed by atoms with Gasteiger partial charge < -0.3 is 9.84 Å². The van der Waals surface area contributed by atoms with Gasteiger partial charge in [-0.3, -0.25) is 4.90 Å². The highest BCUT2D eigenvalue weighted by atomic mass is 32.1. The molecular weight excluding hydrogens is 306 g/mol. The minimum Gasteiger partial charge on any atom is -0.491 e. The fourth-order valence-electron chi connectivity index (χ4n) is 2.46. The molecule has 23 heavy (non-hydrogen) atoms. The first-order valence-corrected chi connectivity index (χ1v) is 9.05. The molecule has 0 bridgehead atoms. The van der Waals surface area contributed by atoms with Crippen LogP contribution in [0.3, 0.4) is 0 Å². The molecular formula is C19H27NO2S. The average molecular weight is 333 g/mol. The number of para-hydroxylation sites is 1. The molecule has 2 unspecified atom stereocenters. The first kappa shape index (κ1) is 18.0. The van der Waals surface area contributed by atoms with Crippen LogP contribution in [-0.4, -0.2) is 35.3 Å². The van der Waals surface area contributed by atoms with Gasteiger partial charge in [-0.25, -0.2) is 0 Å². The van der Waals surface area contributed by atoms with Crippen molar-refractivity contribution in [1.29, 1.82) is 0 Å². The zero-order valence-electron chi connectivity index (χ0n) is 14.2. The summed E-state index contributed by atoms with van der Waals surface area (Å²) in [5.41, 5.74) is 0. The number of hydrogen-bond donors (Lipinski definition) is 1. The van der Waals surface area contributed by atoms with Crippen molar-refractivity contribution in [2.45, 2.75) is 45.9 Å². The highest BCUT2D eigenvalue weighted by Gasteiger charge is 2.18. The van der Waals surface area contributed by atoms with Crippen LogP contribution in [0.1, 0.15) is 30.0 Å². The van der Waals surface area contributed by atoms with E-state index < -0.39 is 6.10 Å². The van der Waals surface area contributed by atoms with Gasteiger partial charge in [-0.1, -0.05) is 25.1 Å². The van der Waals surface area contributed by atoms with E-state index in [9.17, 15) is 5.11 Å². The van der Waals surface area contributed by atoms with Crippen LogP contribution >= 0.6 is 11.3 Å². The van der Waals surface area contributed by atoms with Crippen LogP contribution in [0.25, 0.3) is 0 Å². The number of nitrogens with zero attached hydrogens (tertiary/aromatic N) is 1. The number of ether oxygens (including phenoxy) is 1. The predicted octanol–water partition coefficient (Wildman–Crippen LogP) is 4.10. The molecule has 126 valence electrons.